The Morgan fingerprint density at radius 2 is 1.93 bits per heavy atom. The van der Waals surface area contributed by atoms with Crippen molar-refractivity contribution in [1.29, 1.82) is 0 Å². The van der Waals surface area contributed by atoms with Gasteiger partial charge in [-0.2, -0.15) is 0 Å². The second-order valence-corrected chi connectivity index (χ2v) is 12.0. The Bertz CT molecular complexity index is 1400. The molecule has 0 bridgehead atoms. The van der Waals surface area contributed by atoms with Gasteiger partial charge in [0.25, 0.3) is 5.91 Å². The number of aromatic nitrogens is 1. The van der Waals surface area contributed by atoms with Crippen molar-refractivity contribution in [2.45, 2.75) is 40.7 Å². The number of aliphatic carboxylic acids is 1. The zero-order chi connectivity index (χ0) is 28.4. The number of hydrogen-bond donors (Lipinski definition) is 1. The van der Waals surface area contributed by atoms with Gasteiger partial charge in [0.1, 0.15) is 12.4 Å². The lowest BCUT2D eigenvalue weighted by Gasteiger charge is -2.41. The minimum atomic E-state index is -0.727. The first-order valence-electron chi connectivity index (χ1n) is 13.8. The van der Waals surface area contributed by atoms with Crippen LogP contribution >= 0.6 is 11.3 Å². The number of thiazole rings is 1. The van der Waals surface area contributed by atoms with Gasteiger partial charge in [-0.15, -0.1) is 11.3 Å². The van der Waals surface area contributed by atoms with Crippen LogP contribution in [0.15, 0.2) is 41.8 Å². The molecule has 0 radical (unpaired) electrons. The highest BCUT2D eigenvalue weighted by Crippen LogP contribution is 2.40. The van der Waals surface area contributed by atoms with Crippen molar-refractivity contribution in [2.24, 2.45) is 11.3 Å². The third kappa shape index (κ3) is 5.71. The standard InChI is InChI=1S/C31H37N3O5S/c1-20-5-8-27(39-18-24-7-6-23(16-21(24)2)28(35)33-11-13-38-14-12-33)25(15-20)26-19-40-30(32-26)34-10-9-31(4,29(36)37)22(3)17-34/h5-8,15-16,19,22H,9-14,17-18H2,1-4H3,(H,36,37)/t22-,31-/m0/s1. The molecule has 1 aromatic heterocycles. The zero-order valence-corrected chi connectivity index (χ0v) is 24.4. The van der Waals surface area contributed by atoms with Crippen molar-refractivity contribution >= 4 is 28.3 Å². The van der Waals surface area contributed by atoms with Crippen LogP contribution in [-0.4, -0.2) is 66.3 Å². The average molecular weight is 564 g/mol. The number of carboxylic acids is 1. The van der Waals surface area contributed by atoms with Crippen molar-refractivity contribution in [2.75, 3.05) is 44.3 Å². The van der Waals surface area contributed by atoms with E-state index >= 15 is 0 Å². The van der Waals surface area contributed by atoms with Crippen molar-refractivity contribution in [3.8, 4) is 17.0 Å². The maximum absolute atomic E-state index is 12.9. The lowest BCUT2D eigenvalue weighted by Crippen LogP contribution is -2.48. The number of ether oxygens (including phenoxy) is 2. The van der Waals surface area contributed by atoms with Crippen molar-refractivity contribution in [1.82, 2.24) is 9.88 Å². The second kappa shape index (κ2) is 11.6. The number of carboxylic acid groups (broad SMARTS) is 1. The third-order valence-corrected chi connectivity index (χ3v) is 9.32. The monoisotopic (exact) mass is 563 g/mol. The lowest BCUT2D eigenvalue weighted by atomic mass is 9.73. The summed E-state index contributed by atoms with van der Waals surface area (Å²) in [5.41, 5.74) is 4.90. The van der Waals surface area contributed by atoms with Gasteiger partial charge in [0.15, 0.2) is 5.13 Å². The third-order valence-electron chi connectivity index (χ3n) is 8.42. The number of amides is 1. The number of morpholine rings is 1. The van der Waals surface area contributed by atoms with Crippen LogP contribution in [0, 0.1) is 25.2 Å². The number of carbonyl (C=O) groups is 2. The molecule has 0 saturated carbocycles. The van der Waals surface area contributed by atoms with Gasteiger partial charge in [-0.1, -0.05) is 24.6 Å². The number of hydrogen-bond acceptors (Lipinski definition) is 7. The van der Waals surface area contributed by atoms with E-state index in [2.05, 4.69) is 11.0 Å². The summed E-state index contributed by atoms with van der Waals surface area (Å²) in [6.07, 6.45) is 0.591. The summed E-state index contributed by atoms with van der Waals surface area (Å²) in [4.78, 5) is 33.7. The molecule has 2 aliphatic rings. The van der Waals surface area contributed by atoms with Gasteiger partial charge in [0.05, 0.1) is 24.3 Å². The molecule has 212 valence electrons. The largest absolute Gasteiger partial charge is 0.488 e. The summed E-state index contributed by atoms with van der Waals surface area (Å²) in [7, 11) is 0. The van der Waals surface area contributed by atoms with Crippen molar-refractivity contribution < 1.29 is 24.2 Å². The smallest absolute Gasteiger partial charge is 0.309 e. The van der Waals surface area contributed by atoms with Gasteiger partial charge in [-0.3, -0.25) is 9.59 Å². The molecule has 1 amide bonds. The fraction of sp³-hybridized carbons (Fsp3) is 0.452. The first-order chi connectivity index (χ1) is 19.2. The summed E-state index contributed by atoms with van der Waals surface area (Å²) in [5.74, 6) is 0.0767. The molecule has 5 rings (SSSR count). The molecule has 40 heavy (non-hydrogen) atoms. The highest BCUT2D eigenvalue weighted by atomic mass is 32.1. The number of aryl methyl sites for hydroxylation is 2. The number of piperidine rings is 1. The summed E-state index contributed by atoms with van der Waals surface area (Å²) in [5, 5.41) is 12.7. The summed E-state index contributed by atoms with van der Waals surface area (Å²) in [6, 6.07) is 11.9. The number of anilines is 1. The van der Waals surface area contributed by atoms with Gasteiger partial charge in [0, 0.05) is 42.7 Å². The number of carbonyl (C=O) groups excluding carboxylic acids is 1. The van der Waals surface area contributed by atoms with E-state index in [1.54, 1.807) is 11.3 Å². The maximum Gasteiger partial charge on any atom is 0.309 e. The van der Waals surface area contributed by atoms with E-state index in [1.807, 2.05) is 68.3 Å². The molecule has 0 spiro atoms. The van der Waals surface area contributed by atoms with Crippen LogP contribution < -0.4 is 9.64 Å². The lowest BCUT2D eigenvalue weighted by molar-refractivity contribution is -0.152. The minimum Gasteiger partial charge on any atom is -0.488 e. The van der Waals surface area contributed by atoms with Crippen LogP contribution in [0.4, 0.5) is 5.13 Å². The summed E-state index contributed by atoms with van der Waals surface area (Å²) < 4.78 is 11.7. The highest BCUT2D eigenvalue weighted by Gasteiger charge is 2.43. The zero-order valence-electron chi connectivity index (χ0n) is 23.6. The fourth-order valence-corrected chi connectivity index (χ4v) is 6.19. The molecule has 9 heteroatoms. The molecule has 2 atom stereocenters. The summed E-state index contributed by atoms with van der Waals surface area (Å²) >= 11 is 1.58. The number of benzene rings is 2. The van der Waals surface area contributed by atoms with Crippen LogP contribution in [0.5, 0.6) is 5.75 Å². The molecule has 0 aliphatic carbocycles. The molecular weight excluding hydrogens is 526 g/mol. The van der Waals surface area contributed by atoms with E-state index in [-0.39, 0.29) is 11.8 Å². The predicted molar refractivity (Wildman–Crippen MR) is 156 cm³/mol. The highest BCUT2D eigenvalue weighted by molar-refractivity contribution is 7.14. The first kappa shape index (κ1) is 28.1. The molecule has 0 unspecified atom stereocenters. The minimum absolute atomic E-state index is 0.0164. The van der Waals surface area contributed by atoms with Gasteiger partial charge < -0.3 is 24.4 Å². The Morgan fingerprint density at radius 1 is 1.15 bits per heavy atom. The molecule has 8 nitrogen and oxygen atoms in total. The molecule has 2 fully saturated rings. The average Bonchev–Trinajstić information content (AvgIpc) is 3.44. The molecule has 2 aromatic carbocycles. The van der Waals surface area contributed by atoms with Gasteiger partial charge >= 0.3 is 5.97 Å². The van der Waals surface area contributed by atoms with E-state index in [9.17, 15) is 14.7 Å². The van der Waals surface area contributed by atoms with Crippen LogP contribution in [0.25, 0.3) is 11.3 Å². The Hall–Kier alpha value is -3.43. The Morgan fingerprint density at radius 3 is 2.62 bits per heavy atom. The van der Waals surface area contributed by atoms with Gasteiger partial charge in [-0.25, -0.2) is 4.98 Å². The SMILES string of the molecule is Cc1ccc(OCc2ccc(C(=O)N3CCOCC3)cc2C)c(-c2csc(N3CC[C@](C)(C(=O)O)[C@@H](C)C3)n2)c1. The first-order valence-corrected chi connectivity index (χ1v) is 14.7. The number of rotatable bonds is 7. The van der Waals surface area contributed by atoms with Crippen LogP contribution in [0.2, 0.25) is 0 Å². The molecule has 2 saturated heterocycles. The topological polar surface area (TPSA) is 92.2 Å². The van der Waals surface area contributed by atoms with E-state index in [1.165, 1.54) is 0 Å². The Balaban J connectivity index is 1.29. The van der Waals surface area contributed by atoms with Gasteiger partial charge in [-0.05, 0) is 68.5 Å². The van der Waals surface area contributed by atoms with E-state index in [0.717, 1.165) is 38.8 Å². The van der Waals surface area contributed by atoms with E-state index in [0.29, 0.717) is 58.0 Å². The summed E-state index contributed by atoms with van der Waals surface area (Å²) in [6.45, 7) is 12.0. The predicted octanol–water partition coefficient (Wildman–Crippen LogP) is 5.42. The maximum atomic E-state index is 12.9. The van der Waals surface area contributed by atoms with E-state index in [4.69, 9.17) is 14.5 Å². The van der Waals surface area contributed by atoms with E-state index < -0.39 is 11.4 Å². The van der Waals surface area contributed by atoms with Crippen LogP contribution in [-0.2, 0) is 16.1 Å². The fourth-order valence-electron chi connectivity index (χ4n) is 5.33. The molecule has 2 aliphatic heterocycles. The quantitative estimate of drug-likeness (QED) is 0.411. The van der Waals surface area contributed by atoms with Crippen molar-refractivity contribution in [3.63, 3.8) is 0 Å². The van der Waals surface area contributed by atoms with Crippen LogP contribution in [0.1, 0.15) is 47.3 Å². The van der Waals surface area contributed by atoms with Crippen molar-refractivity contribution in [3.05, 3.63) is 64.0 Å². The molecule has 3 aromatic rings. The normalized spacial score (nSPS) is 21.4. The molecule has 3 heterocycles. The van der Waals surface area contributed by atoms with Crippen LogP contribution in [0.3, 0.4) is 0 Å². The molecule has 1 N–H and O–H groups in total. The Labute approximate surface area is 239 Å². The Kier molecular flexibility index (Phi) is 8.14. The molecular formula is C31H37N3O5S. The van der Waals surface area contributed by atoms with Gasteiger partial charge in [0.2, 0.25) is 0 Å². The number of nitrogens with zero attached hydrogens (tertiary/aromatic N) is 3. The second-order valence-electron chi connectivity index (χ2n) is 11.2.